The monoisotopic (exact) mass is 230 g/mol. The predicted octanol–water partition coefficient (Wildman–Crippen LogP) is 4.01. The van der Waals surface area contributed by atoms with Crippen molar-refractivity contribution in [3.63, 3.8) is 0 Å². The van der Waals surface area contributed by atoms with Crippen molar-refractivity contribution in [3.05, 3.63) is 28.8 Å². The molecular formula is C9H11BrS. The summed E-state index contributed by atoms with van der Waals surface area (Å²) in [5.41, 5.74) is 4.04. The first-order valence-electron chi connectivity index (χ1n) is 3.51. The quantitative estimate of drug-likeness (QED) is 0.703. The number of hydrogen-bond acceptors (Lipinski definition) is 1. The molecule has 1 aromatic carbocycles. The lowest BCUT2D eigenvalue weighted by Gasteiger charge is -2.06. The van der Waals surface area contributed by atoms with Crippen LogP contribution in [0.1, 0.15) is 16.7 Å². The Balaban J connectivity index is 3.25. The molecule has 1 rings (SSSR count). The van der Waals surface area contributed by atoms with Crippen LogP contribution in [0.15, 0.2) is 17.0 Å². The van der Waals surface area contributed by atoms with E-state index >= 15 is 0 Å². The molecule has 0 spiro atoms. The van der Waals surface area contributed by atoms with Gasteiger partial charge >= 0.3 is 0 Å². The fraction of sp³-hybridized carbons (Fsp3) is 0.333. The van der Waals surface area contributed by atoms with Crippen molar-refractivity contribution in [2.24, 2.45) is 0 Å². The highest BCUT2D eigenvalue weighted by atomic mass is 79.9. The average molecular weight is 231 g/mol. The van der Waals surface area contributed by atoms with Gasteiger partial charge in [0, 0.05) is 4.90 Å². The van der Waals surface area contributed by atoms with E-state index in [1.165, 1.54) is 21.6 Å². The van der Waals surface area contributed by atoms with Crippen molar-refractivity contribution in [1.29, 1.82) is 0 Å². The summed E-state index contributed by atoms with van der Waals surface area (Å²) in [6.07, 6.45) is 0. The van der Waals surface area contributed by atoms with Gasteiger partial charge in [0.25, 0.3) is 0 Å². The van der Waals surface area contributed by atoms with Crippen molar-refractivity contribution < 1.29 is 0 Å². The lowest BCUT2D eigenvalue weighted by molar-refractivity contribution is 1.19. The van der Waals surface area contributed by atoms with Crippen LogP contribution >= 0.6 is 25.0 Å². The van der Waals surface area contributed by atoms with Gasteiger partial charge in [-0.25, -0.2) is 0 Å². The molecule has 0 aliphatic heterocycles. The number of rotatable bonds is 1. The van der Waals surface area contributed by atoms with Crippen molar-refractivity contribution in [1.82, 2.24) is 0 Å². The standard InChI is InChI=1S/C9H11BrS/c1-6-4-7(2)9(11-10)8(3)5-6/h4-5H,1-3H3. The van der Waals surface area contributed by atoms with Crippen LogP contribution in [0.25, 0.3) is 0 Å². The van der Waals surface area contributed by atoms with Crippen molar-refractivity contribution in [2.75, 3.05) is 0 Å². The van der Waals surface area contributed by atoms with E-state index in [4.69, 9.17) is 0 Å². The first-order valence-corrected chi connectivity index (χ1v) is 6.17. The van der Waals surface area contributed by atoms with Gasteiger partial charge in [-0.2, -0.15) is 0 Å². The molecule has 1 aromatic rings. The molecule has 0 aliphatic carbocycles. The Morgan fingerprint density at radius 2 is 1.55 bits per heavy atom. The summed E-state index contributed by atoms with van der Waals surface area (Å²) in [6, 6.07) is 4.41. The molecule has 0 aromatic heterocycles. The molecule has 11 heavy (non-hydrogen) atoms. The van der Waals surface area contributed by atoms with Gasteiger partial charge in [-0.15, -0.1) is 0 Å². The van der Waals surface area contributed by atoms with E-state index in [2.05, 4.69) is 47.7 Å². The summed E-state index contributed by atoms with van der Waals surface area (Å²) >= 11 is 3.40. The second-order valence-electron chi connectivity index (χ2n) is 2.80. The molecule has 0 saturated heterocycles. The minimum Gasteiger partial charge on any atom is -0.0552 e. The Hall–Kier alpha value is 0.0500. The summed E-state index contributed by atoms with van der Waals surface area (Å²) in [5.74, 6) is 0. The molecule has 0 bridgehead atoms. The number of benzene rings is 1. The Bertz CT molecular complexity index is 245. The lowest BCUT2D eigenvalue weighted by Crippen LogP contribution is -1.84. The van der Waals surface area contributed by atoms with E-state index in [0.717, 1.165) is 0 Å². The number of hydrogen-bond donors (Lipinski definition) is 0. The van der Waals surface area contributed by atoms with E-state index in [0.29, 0.717) is 0 Å². The van der Waals surface area contributed by atoms with Gasteiger partial charge in [-0.3, -0.25) is 0 Å². The van der Waals surface area contributed by atoms with Crippen LogP contribution in [0.2, 0.25) is 0 Å². The fourth-order valence-electron chi connectivity index (χ4n) is 1.29. The second kappa shape index (κ2) is 3.63. The minimum absolute atomic E-state index is 1.34. The zero-order valence-corrected chi connectivity index (χ0v) is 9.34. The van der Waals surface area contributed by atoms with E-state index in [9.17, 15) is 0 Å². The SMILES string of the molecule is Cc1cc(C)c(SBr)c(C)c1. The zero-order valence-electron chi connectivity index (χ0n) is 6.94. The maximum atomic E-state index is 3.40. The largest absolute Gasteiger partial charge is 0.0552 e. The van der Waals surface area contributed by atoms with Gasteiger partial charge in [-0.1, -0.05) is 17.7 Å². The normalized spacial score (nSPS) is 10.2. The van der Waals surface area contributed by atoms with Gasteiger partial charge in [-0.05, 0) is 56.9 Å². The summed E-state index contributed by atoms with van der Waals surface area (Å²) < 4.78 is 0. The highest BCUT2D eigenvalue weighted by molar-refractivity contribution is 9.50. The van der Waals surface area contributed by atoms with Gasteiger partial charge < -0.3 is 0 Å². The number of aryl methyl sites for hydroxylation is 3. The third-order valence-electron chi connectivity index (χ3n) is 1.68. The lowest BCUT2D eigenvalue weighted by atomic mass is 10.1. The molecule has 0 radical (unpaired) electrons. The predicted molar refractivity (Wildman–Crippen MR) is 55.4 cm³/mol. The van der Waals surface area contributed by atoms with Crippen molar-refractivity contribution in [3.8, 4) is 0 Å². The van der Waals surface area contributed by atoms with Gasteiger partial charge in [0.05, 0.1) is 0 Å². The second-order valence-corrected chi connectivity index (χ2v) is 4.34. The van der Waals surface area contributed by atoms with Crippen LogP contribution in [0.3, 0.4) is 0 Å². The van der Waals surface area contributed by atoms with Crippen molar-refractivity contribution >= 4 is 25.0 Å². The first kappa shape index (κ1) is 9.14. The molecule has 2 heteroatoms. The highest BCUT2D eigenvalue weighted by Gasteiger charge is 2.01. The van der Waals surface area contributed by atoms with E-state index in [-0.39, 0.29) is 0 Å². The van der Waals surface area contributed by atoms with Crippen LogP contribution in [0.4, 0.5) is 0 Å². The van der Waals surface area contributed by atoms with Crippen LogP contribution in [0, 0.1) is 20.8 Å². The first-order chi connectivity index (χ1) is 5.15. The Morgan fingerprint density at radius 3 is 1.91 bits per heavy atom. The summed E-state index contributed by atoms with van der Waals surface area (Å²) in [6.45, 7) is 6.41. The van der Waals surface area contributed by atoms with E-state index < -0.39 is 0 Å². The summed E-state index contributed by atoms with van der Waals surface area (Å²) in [4.78, 5) is 1.34. The van der Waals surface area contributed by atoms with Crippen molar-refractivity contribution in [2.45, 2.75) is 25.7 Å². The zero-order chi connectivity index (χ0) is 8.43. The molecule has 0 atom stereocenters. The molecular weight excluding hydrogens is 220 g/mol. The Morgan fingerprint density at radius 1 is 1.09 bits per heavy atom. The maximum Gasteiger partial charge on any atom is 0.0246 e. The molecule has 0 heterocycles. The highest BCUT2D eigenvalue weighted by Crippen LogP contribution is 2.31. The molecule has 0 nitrogen and oxygen atoms in total. The molecule has 0 aliphatic rings. The number of halogens is 1. The third-order valence-corrected chi connectivity index (χ3v) is 3.45. The van der Waals surface area contributed by atoms with Gasteiger partial charge in [0.2, 0.25) is 0 Å². The van der Waals surface area contributed by atoms with Gasteiger partial charge in [0.15, 0.2) is 0 Å². The van der Waals surface area contributed by atoms with E-state index in [1.807, 2.05) is 0 Å². The summed E-state index contributed by atoms with van der Waals surface area (Å²) in [5, 5.41) is 0. The Kier molecular flexibility index (Phi) is 3.02. The van der Waals surface area contributed by atoms with Crippen LogP contribution < -0.4 is 0 Å². The molecule has 0 amide bonds. The average Bonchev–Trinajstić information content (AvgIpc) is 1.85. The smallest absolute Gasteiger partial charge is 0.0246 e. The Labute approximate surface area is 79.6 Å². The van der Waals surface area contributed by atoms with Crippen LogP contribution in [-0.2, 0) is 0 Å². The van der Waals surface area contributed by atoms with E-state index in [1.54, 1.807) is 10.2 Å². The summed E-state index contributed by atoms with van der Waals surface area (Å²) in [7, 11) is 1.64. The molecule has 0 unspecified atom stereocenters. The van der Waals surface area contributed by atoms with Crippen LogP contribution in [0.5, 0.6) is 0 Å². The minimum atomic E-state index is 1.34. The van der Waals surface area contributed by atoms with Gasteiger partial charge in [0.1, 0.15) is 0 Å². The molecule has 60 valence electrons. The topological polar surface area (TPSA) is 0 Å². The molecule has 0 N–H and O–H groups in total. The van der Waals surface area contributed by atoms with Crippen LogP contribution in [-0.4, -0.2) is 0 Å². The third kappa shape index (κ3) is 2.00. The maximum absolute atomic E-state index is 3.40. The fourth-order valence-corrected chi connectivity index (χ4v) is 3.18. The molecule has 0 saturated carbocycles. The molecule has 0 fully saturated rings.